The van der Waals surface area contributed by atoms with E-state index < -0.39 is 0 Å². The molecule has 12 heavy (non-hydrogen) atoms. The van der Waals surface area contributed by atoms with Gasteiger partial charge in [-0.25, -0.2) is 0 Å². The number of hydrogen-bond donors (Lipinski definition) is 3. The second-order valence-electron chi connectivity index (χ2n) is 4.21. The summed E-state index contributed by atoms with van der Waals surface area (Å²) in [4.78, 5) is 0. The number of aliphatic hydroxyl groups is 1. The summed E-state index contributed by atoms with van der Waals surface area (Å²) >= 11 is 0. The third-order valence-corrected chi connectivity index (χ3v) is 2.02. The predicted molar refractivity (Wildman–Crippen MR) is 49.9 cm³/mol. The van der Waals surface area contributed by atoms with E-state index in [1.165, 1.54) is 12.8 Å². The second kappa shape index (κ2) is 3.73. The van der Waals surface area contributed by atoms with Gasteiger partial charge >= 0.3 is 0 Å². The standard InChI is InChI=1S/C9H20N2O/c1-7(2)10-9(3,6-12)11-8-4-5-8/h7-8,10-12H,4-6H2,1-3H3/t9-/m0/s1. The van der Waals surface area contributed by atoms with Crippen LogP contribution in [0.15, 0.2) is 0 Å². The van der Waals surface area contributed by atoms with Crippen molar-refractivity contribution < 1.29 is 5.11 Å². The Hall–Kier alpha value is -0.120. The van der Waals surface area contributed by atoms with Crippen LogP contribution in [-0.4, -0.2) is 29.5 Å². The first kappa shape index (κ1) is 9.96. The molecule has 3 N–H and O–H groups in total. The highest BCUT2D eigenvalue weighted by molar-refractivity contribution is 4.91. The van der Waals surface area contributed by atoms with Gasteiger partial charge in [0.1, 0.15) is 0 Å². The molecule has 0 heterocycles. The second-order valence-corrected chi connectivity index (χ2v) is 4.21. The summed E-state index contributed by atoms with van der Waals surface area (Å²) in [5, 5.41) is 15.9. The van der Waals surface area contributed by atoms with E-state index in [2.05, 4.69) is 24.5 Å². The van der Waals surface area contributed by atoms with Crippen molar-refractivity contribution in [3.8, 4) is 0 Å². The van der Waals surface area contributed by atoms with Crippen molar-refractivity contribution in [1.29, 1.82) is 0 Å². The van der Waals surface area contributed by atoms with Crippen LogP contribution in [-0.2, 0) is 0 Å². The van der Waals surface area contributed by atoms with Crippen LogP contribution >= 0.6 is 0 Å². The number of rotatable bonds is 5. The molecule has 1 atom stereocenters. The zero-order valence-electron chi connectivity index (χ0n) is 8.22. The minimum atomic E-state index is -0.296. The van der Waals surface area contributed by atoms with Gasteiger partial charge in [0.25, 0.3) is 0 Å². The van der Waals surface area contributed by atoms with Gasteiger partial charge in [-0.3, -0.25) is 10.6 Å². The van der Waals surface area contributed by atoms with Crippen LogP contribution in [0.3, 0.4) is 0 Å². The SMILES string of the molecule is CC(C)N[C@](C)(CO)NC1CC1. The molecule has 3 heteroatoms. The zero-order chi connectivity index (χ0) is 9.19. The summed E-state index contributed by atoms with van der Waals surface area (Å²) in [6.07, 6.45) is 2.49. The molecule has 3 nitrogen and oxygen atoms in total. The van der Waals surface area contributed by atoms with Crippen LogP contribution in [0, 0.1) is 0 Å². The van der Waals surface area contributed by atoms with Crippen LogP contribution in [0.5, 0.6) is 0 Å². The molecule has 0 aromatic heterocycles. The van der Waals surface area contributed by atoms with Crippen molar-refractivity contribution in [1.82, 2.24) is 10.6 Å². The Morgan fingerprint density at radius 2 is 2.08 bits per heavy atom. The Kier molecular flexibility index (Phi) is 3.09. The van der Waals surface area contributed by atoms with Crippen molar-refractivity contribution in [3.05, 3.63) is 0 Å². The lowest BCUT2D eigenvalue weighted by atomic mass is 10.2. The normalized spacial score (nSPS) is 22.8. The molecule has 1 aliphatic carbocycles. The van der Waals surface area contributed by atoms with Crippen molar-refractivity contribution in [2.45, 2.75) is 51.4 Å². The highest BCUT2D eigenvalue weighted by Crippen LogP contribution is 2.21. The van der Waals surface area contributed by atoms with E-state index in [9.17, 15) is 5.11 Å². The van der Waals surface area contributed by atoms with Gasteiger partial charge in [-0.2, -0.15) is 0 Å². The van der Waals surface area contributed by atoms with Gasteiger partial charge in [0.15, 0.2) is 0 Å². The van der Waals surface area contributed by atoms with E-state index in [0.29, 0.717) is 12.1 Å². The molecular formula is C9H20N2O. The van der Waals surface area contributed by atoms with Gasteiger partial charge in [0.05, 0.1) is 12.3 Å². The number of nitrogens with one attached hydrogen (secondary N) is 2. The highest BCUT2D eigenvalue weighted by atomic mass is 16.3. The Morgan fingerprint density at radius 3 is 2.42 bits per heavy atom. The summed E-state index contributed by atoms with van der Waals surface area (Å²) in [5.74, 6) is 0. The van der Waals surface area contributed by atoms with E-state index in [0.717, 1.165) is 0 Å². The average molecular weight is 172 g/mol. The molecule has 0 aliphatic heterocycles. The van der Waals surface area contributed by atoms with Crippen LogP contribution in [0.25, 0.3) is 0 Å². The molecule has 0 spiro atoms. The Morgan fingerprint density at radius 1 is 1.50 bits per heavy atom. The molecule has 0 aromatic rings. The molecule has 1 rings (SSSR count). The lowest BCUT2D eigenvalue weighted by Crippen LogP contribution is -2.60. The topological polar surface area (TPSA) is 44.3 Å². The molecule has 0 saturated heterocycles. The smallest absolute Gasteiger partial charge is 0.0899 e. The zero-order valence-corrected chi connectivity index (χ0v) is 8.22. The quantitative estimate of drug-likeness (QED) is 0.527. The van der Waals surface area contributed by atoms with Crippen LogP contribution in [0.4, 0.5) is 0 Å². The van der Waals surface area contributed by atoms with Gasteiger partial charge in [0.2, 0.25) is 0 Å². The summed E-state index contributed by atoms with van der Waals surface area (Å²) in [6, 6.07) is 1.02. The molecule has 1 aliphatic rings. The molecule has 0 unspecified atom stereocenters. The molecule has 0 bridgehead atoms. The molecule has 0 amide bonds. The molecule has 1 saturated carbocycles. The number of hydrogen-bond acceptors (Lipinski definition) is 3. The maximum absolute atomic E-state index is 9.19. The van der Waals surface area contributed by atoms with Gasteiger partial charge in [0, 0.05) is 12.1 Å². The number of aliphatic hydroxyl groups excluding tert-OH is 1. The fourth-order valence-corrected chi connectivity index (χ4v) is 1.45. The van der Waals surface area contributed by atoms with Crippen molar-refractivity contribution in [3.63, 3.8) is 0 Å². The first-order chi connectivity index (χ1) is 5.56. The fourth-order valence-electron chi connectivity index (χ4n) is 1.45. The van der Waals surface area contributed by atoms with E-state index in [1.807, 2.05) is 6.92 Å². The molecule has 1 fully saturated rings. The van der Waals surface area contributed by atoms with Crippen molar-refractivity contribution in [2.75, 3.05) is 6.61 Å². The van der Waals surface area contributed by atoms with Gasteiger partial charge in [-0.1, -0.05) is 0 Å². The highest BCUT2D eigenvalue weighted by Gasteiger charge is 2.31. The van der Waals surface area contributed by atoms with E-state index in [4.69, 9.17) is 0 Å². The Balaban J connectivity index is 2.36. The van der Waals surface area contributed by atoms with E-state index in [1.54, 1.807) is 0 Å². The van der Waals surface area contributed by atoms with Crippen LogP contribution < -0.4 is 10.6 Å². The predicted octanol–water partition coefficient (Wildman–Crippen LogP) is 0.445. The van der Waals surface area contributed by atoms with Gasteiger partial charge in [-0.05, 0) is 33.6 Å². The maximum Gasteiger partial charge on any atom is 0.0899 e. The van der Waals surface area contributed by atoms with Crippen molar-refractivity contribution in [2.24, 2.45) is 0 Å². The van der Waals surface area contributed by atoms with Crippen molar-refractivity contribution >= 4 is 0 Å². The average Bonchev–Trinajstić information content (AvgIpc) is 2.70. The first-order valence-corrected chi connectivity index (χ1v) is 4.72. The summed E-state index contributed by atoms with van der Waals surface area (Å²) in [6.45, 7) is 6.32. The third kappa shape index (κ3) is 3.09. The lowest BCUT2D eigenvalue weighted by molar-refractivity contribution is 0.133. The van der Waals surface area contributed by atoms with Gasteiger partial charge < -0.3 is 5.11 Å². The molecular weight excluding hydrogens is 152 g/mol. The van der Waals surface area contributed by atoms with Crippen LogP contribution in [0.2, 0.25) is 0 Å². The summed E-state index contributed by atoms with van der Waals surface area (Å²) < 4.78 is 0. The minimum absolute atomic E-state index is 0.141. The summed E-state index contributed by atoms with van der Waals surface area (Å²) in [5.41, 5.74) is -0.296. The lowest BCUT2D eigenvalue weighted by Gasteiger charge is -2.32. The fraction of sp³-hybridized carbons (Fsp3) is 1.00. The van der Waals surface area contributed by atoms with E-state index >= 15 is 0 Å². The maximum atomic E-state index is 9.19. The molecule has 0 aromatic carbocycles. The largest absolute Gasteiger partial charge is 0.393 e. The van der Waals surface area contributed by atoms with Gasteiger partial charge in [-0.15, -0.1) is 0 Å². The van der Waals surface area contributed by atoms with Crippen LogP contribution in [0.1, 0.15) is 33.6 Å². The summed E-state index contributed by atoms with van der Waals surface area (Å²) in [7, 11) is 0. The third-order valence-electron chi connectivity index (χ3n) is 2.02. The molecule has 0 radical (unpaired) electrons. The van der Waals surface area contributed by atoms with E-state index in [-0.39, 0.29) is 12.3 Å². The minimum Gasteiger partial charge on any atom is -0.393 e. The Labute approximate surface area is 74.5 Å². The first-order valence-electron chi connectivity index (χ1n) is 4.72. The molecule has 72 valence electrons. The Bertz CT molecular complexity index is 139. The monoisotopic (exact) mass is 172 g/mol.